The van der Waals surface area contributed by atoms with Crippen molar-refractivity contribution >= 4 is 17.3 Å². The van der Waals surface area contributed by atoms with Gasteiger partial charge in [-0.05, 0) is 29.3 Å². The minimum Gasteiger partial charge on any atom is -0.495 e. The van der Waals surface area contributed by atoms with Crippen LogP contribution in [0.4, 0.5) is 5.69 Å². The molecule has 0 spiro atoms. The van der Waals surface area contributed by atoms with Gasteiger partial charge in [-0.1, -0.05) is 35.9 Å². The molecule has 2 rings (SSSR count). The summed E-state index contributed by atoms with van der Waals surface area (Å²) in [5.74, 6) is 0.666. The summed E-state index contributed by atoms with van der Waals surface area (Å²) in [5, 5.41) is 12.8. The van der Waals surface area contributed by atoms with Gasteiger partial charge in [0.05, 0.1) is 18.7 Å². The fourth-order valence-corrected chi connectivity index (χ4v) is 2.00. The van der Waals surface area contributed by atoms with E-state index in [0.29, 0.717) is 17.3 Å². The van der Waals surface area contributed by atoms with E-state index in [2.05, 4.69) is 5.32 Å². The third-order valence-electron chi connectivity index (χ3n) is 2.85. The van der Waals surface area contributed by atoms with E-state index in [-0.39, 0.29) is 6.61 Å². The highest BCUT2D eigenvalue weighted by Gasteiger charge is 2.01. The summed E-state index contributed by atoms with van der Waals surface area (Å²) in [6, 6.07) is 13.4. The molecule has 0 aliphatic carbocycles. The van der Waals surface area contributed by atoms with E-state index in [1.807, 2.05) is 42.5 Å². The van der Waals surface area contributed by atoms with Crippen molar-refractivity contribution < 1.29 is 9.84 Å². The highest BCUT2D eigenvalue weighted by atomic mass is 35.5. The van der Waals surface area contributed by atoms with Crippen LogP contribution in [0.5, 0.6) is 5.75 Å². The van der Waals surface area contributed by atoms with Crippen molar-refractivity contribution in [3.8, 4) is 5.75 Å². The van der Waals surface area contributed by atoms with Crippen molar-refractivity contribution in [2.24, 2.45) is 0 Å². The zero-order valence-electron chi connectivity index (χ0n) is 10.7. The van der Waals surface area contributed by atoms with E-state index in [1.165, 1.54) is 0 Å². The average Bonchev–Trinajstić information content (AvgIpc) is 2.46. The zero-order valence-corrected chi connectivity index (χ0v) is 11.4. The summed E-state index contributed by atoms with van der Waals surface area (Å²) < 4.78 is 5.10. The minimum atomic E-state index is 0.0712. The second-order valence-electron chi connectivity index (χ2n) is 4.18. The predicted octanol–water partition coefficient (Wildman–Crippen LogP) is 3.45. The molecule has 0 saturated heterocycles. The Bertz CT molecular complexity index is 540. The number of aliphatic hydroxyl groups excluding tert-OH is 1. The Hall–Kier alpha value is -1.71. The zero-order chi connectivity index (χ0) is 13.7. The highest BCUT2D eigenvalue weighted by molar-refractivity contribution is 6.32. The number of halogens is 1. The molecule has 0 atom stereocenters. The van der Waals surface area contributed by atoms with Gasteiger partial charge in [0.1, 0.15) is 5.75 Å². The fourth-order valence-electron chi connectivity index (χ4n) is 1.74. The standard InChI is InChI=1S/C15H16ClNO2/c1-19-15-7-6-13(8-14(15)16)17-9-11-2-4-12(10-18)5-3-11/h2-8,17-18H,9-10H2,1H3. The summed E-state index contributed by atoms with van der Waals surface area (Å²) >= 11 is 6.06. The highest BCUT2D eigenvalue weighted by Crippen LogP contribution is 2.27. The van der Waals surface area contributed by atoms with Crippen molar-refractivity contribution in [3.63, 3.8) is 0 Å². The molecule has 100 valence electrons. The first-order valence-electron chi connectivity index (χ1n) is 5.99. The molecule has 4 heteroatoms. The SMILES string of the molecule is COc1ccc(NCc2ccc(CO)cc2)cc1Cl. The third-order valence-corrected chi connectivity index (χ3v) is 3.15. The molecule has 0 heterocycles. The molecule has 0 saturated carbocycles. The molecule has 0 aliphatic heterocycles. The van der Waals surface area contributed by atoms with E-state index in [0.717, 1.165) is 16.8 Å². The molecule has 19 heavy (non-hydrogen) atoms. The molecule has 2 aromatic rings. The second-order valence-corrected chi connectivity index (χ2v) is 4.58. The predicted molar refractivity (Wildman–Crippen MR) is 77.7 cm³/mol. The van der Waals surface area contributed by atoms with Crippen molar-refractivity contribution in [1.29, 1.82) is 0 Å². The summed E-state index contributed by atoms with van der Waals surface area (Å²) in [6.07, 6.45) is 0. The molecular formula is C15H16ClNO2. The van der Waals surface area contributed by atoms with Gasteiger partial charge < -0.3 is 15.2 Å². The minimum absolute atomic E-state index is 0.0712. The van der Waals surface area contributed by atoms with Crippen LogP contribution >= 0.6 is 11.6 Å². The third kappa shape index (κ3) is 3.63. The molecule has 0 unspecified atom stereocenters. The van der Waals surface area contributed by atoms with Gasteiger partial charge >= 0.3 is 0 Å². The lowest BCUT2D eigenvalue weighted by Crippen LogP contribution is -1.99. The molecule has 0 aliphatic rings. The van der Waals surface area contributed by atoms with Crippen molar-refractivity contribution in [1.82, 2.24) is 0 Å². The van der Waals surface area contributed by atoms with Crippen LogP contribution in [0, 0.1) is 0 Å². The Morgan fingerprint density at radius 2 is 1.79 bits per heavy atom. The maximum atomic E-state index is 8.97. The largest absolute Gasteiger partial charge is 0.495 e. The van der Waals surface area contributed by atoms with Crippen molar-refractivity contribution in [2.75, 3.05) is 12.4 Å². The van der Waals surface area contributed by atoms with E-state index in [9.17, 15) is 0 Å². The number of anilines is 1. The van der Waals surface area contributed by atoms with Gasteiger partial charge in [-0.3, -0.25) is 0 Å². The number of aliphatic hydroxyl groups is 1. The van der Waals surface area contributed by atoms with E-state index < -0.39 is 0 Å². The van der Waals surface area contributed by atoms with Crippen LogP contribution in [0.3, 0.4) is 0 Å². The van der Waals surface area contributed by atoms with Gasteiger partial charge in [0.25, 0.3) is 0 Å². The average molecular weight is 278 g/mol. The molecule has 2 N–H and O–H groups in total. The quantitative estimate of drug-likeness (QED) is 0.879. The van der Waals surface area contributed by atoms with Gasteiger partial charge in [-0.2, -0.15) is 0 Å². The molecular weight excluding hydrogens is 262 g/mol. The summed E-state index contributed by atoms with van der Waals surface area (Å²) in [4.78, 5) is 0. The van der Waals surface area contributed by atoms with Crippen LogP contribution in [0.2, 0.25) is 5.02 Å². The summed E-state index contributed by atoms with van der Waals surface area (Å²) in [6.45, 7) is 0.774. The number of methoxy groups -OCH3 is 1. The molecule has 3 nitrogen and oxygen atoms in total. The van der Waals surface area contributed by atoms with Crippen molar-refractivity contribution in [2.45, 2.75) is 13.2 Å². The van der Waals surface area contributed by atoms with Gasteiger partial charge in [-0.15, -0.1) is 0 Å². The van der Waals surface area contributed by atoms with Crippen LogP contribution in [0.15, 0.2) is 42.5 Å². The van der Waals surface area contributed by atoms with E-state index in [4.69, 9.17) is 21.4 Å². The molecule has 0 amide bonds. The maximum absolute atomic E-state index is 8.97. The van der Waals surface area contributed by atoms with E-state index in [1.54, 1.807) is 7.11 Å². The Balaban J connectivity index is 1.99. The Morgan fingerprint density at radius 3 is 2.37 bits per heavy atom. The normalized spacial score (nSPS) is 10.3. The molecule has 0 radical (unpaired) electrons. The van der Waals surface area contributed by atoms with Crippen LogP contribution in [-0.4, -0.2) is 12.2 Å². The number of hydrogen-bond donors (Lipinski definition) is 2. The van der Waals surface area contributed by atoms with Crippen LogP contribution in [-0.2, 0) is 13.2 Å². The Kier molecular flexibility index (Phi) is 4.66. The monoisotopic (exact) mass is 277 g/mol. The summed E-state index contributed by atoms with van der Waals surface area (Å²) in [5.41, 5.74) is 3.00. The van der Waals surface area contributed by atoms with Crippen LogP contribution < -0.4 is 10.1 Å². The van der Waals surface area contributed by atoms with Crippen LogP contribution in [0.1, 0.15) is 11.1 Å². The first kappa shape index (κ1) is 13.7. The smallest absolute Gasteiger partial charge is 0.137 e. The number of hydrogen-bond acceptors (Lipinski definition) is 3. The van der Waals surface area contributed by atoms with E-state index >= 15 is 0 Å². The van der Waals surface area contributed by atoms with Gasteiger partial charge in [0, 0.05) is 12.2 Å². The second kappa shape index (κ2) is 6.45. The maximum Gasteiger partial charge on any atom is 0.137 e. The molecule has 0 fully saturated rings. The Morgan fingerprint density at radius 1 is 1.11 bits per heavy atom. The van der Waals surface area contributed by atoms with Gasteiger partial charge in [0.15, 0.2) is 0 Å². The lowest BCUT2D eigenvalue weighted by Gasteiger charge is -2.09. The molecule has 0 aromatic heterocycles. The van der Waals surface area contributed by atoms with Crippen molar-refractivity contribution in [3.05, 3.63) is 58.6 Å². The fraction of sp³-hybridized carbons (Fsp3) is 0.200. The summed E-state index contributed by atoms with van der Waals surface area (Å²) in [7, 11) is 1.59. The topological polar surface area (TPSA) is 41.5 Å². The lowest BCUT2D eigenvalue weighted by molar-refractivity contribution is 0.282. The lowest BCUT2D eigenvalue weighted by atomic mass is 10.1. The Labute approximate surface area is 117 Å². The van der Waals surface area contributed by atoms with Crippen LogP contribution in [0.25, 0.3) is 0 Å². The number of rotatable bonds is 5. The molecule has 2 aromatic carbocycles. The number of ether oxygens (including phenoxy) is 1. The first-order valence-corrected chi connectivity index (χ1v) is 6.37. The van der Waals surface area contributed by atoms with Gasteiger partial charge in [-0.25, -0.2) is 0 Å². The van der Waals surface area contributed by atoms with Gasteiger partial charge in [0.2, 0.25) is 0 Å². The molecule has 0 bridgehead atoms. The number of benzene rings is 2. The first-order chi connectivity index (χ1) is 9.22. The number of nitrogens with one attached hydrogen (secondary N) is 1.